The fourth-order valence-electron chi connectivity index (χ4n) is 1.63. The standard InChI is InChI=1S/C13H18N4OS2/c1-9(18-3)13-15-10(8-20-13)7-17(2)11-5-14-6-12(16-11)19-4/h5-6,8-9H,7H2,1-4H3/t9-/m1/s1. The van der Waals surface area contributed by atoms with Gasteiger partial charge in [0.15, 0.2) is 0 Å². The molecule has 0 radical (unpaired) electrons. The average molecular weight is 310 g/mol. The number of thiazole rings is 1. The van der Waals surface area contributed by atoms with Gasteiger partial charge in [0.1, 0.15) is 22.0 Å². The van der Waals surface area contributed by atoms with Gasteiger partial charge in [-0.2, -0.15) is 0 Å². The second kappa shape index (κ2) is 7.01. The van der Waals surface area contributed by atoms with E-state index in [1.807, 2.05) is 25.1 Å². The maximum atomic E-state index is 5.28. The average Bonchev–Trinajstić information content (AvgIpc) is 2.95. The molecule has 0 saturated heterocycles. The van der Waals surface area contributed by atoms with Crippen molar-refractivity contribution < 1.29 is 4.74 Å². The third-order valence-electron chi connectivity index (χ3n) is 2.87. The molecule has 0 N–H and O–H groups in total. The topological polar surface area (TPSA) is 51.1 Å². The summed E-state index contributed by atoms with van der Waals surface area (Å²) in [5.41, 5.74) is 1.02. The molecule has 108 valence electrons. The van der Waals surface area contributed by atoms with Crippen molar-refractivity contribution >= 4 is 28.9 Å². The summed E-state index contributed by atoms with van der Waals surface area (Å²) >= 11 is 3.21. The van der Waals surface area contributed by atoms with E-state index in [9.17, 15) is 0 Å². The molecule has 0 aromatic carbocycles. The number of anilines is 1. The molecular weight excluding hydrogens is 292 g/mol. The van der Waals surface area contributed by atoms with Gasteiger partial charge in [0.2, 0.25) is 0 Å². The van der Waals surface area contributed by atoms with Crippen molar-refractivity contribution in [1.82, 2.24) is 15.0 Å². The smallest absolute Gasteiger partial charge is 0.148 e. The molecule has 2 aromatic rings. The van der Waals surface area contributed by atoms with Crippen LogP contribution < -0.4 is 4.90 Å². The molecule has 5 nitrogen and oxygen atoms in total. The maximum Gasteiger partial charge on any atom is 0.148 e. The first-order valence-corrected chi connectivity index (χ1v) is 8.28. The first kappa shape index (κ1) is 15.2. The van der Waals surface area contributed by atoms with Gasteiger partial charge in [-0.15, -0.1) is 23.1 Å². The second-order valence-corrected chi connectivity index (χ2v) is 6.05. The van der Waals surface area contributed by atoms with Gasteiger partial charge < -0.3 is 9.64 Å². The maximum absolute atomic E-state index is 5.28. The Bertz CT molecular complexity index is 561. The molecule has 0 bridgehead atoms. The highest BCUT2D eigenvalue weighted by Gasteiger charge is 2.12. The Morgan fingerprint density at radius 2 is 2.20 bits per heavy atom. The third-order valence-corrected chi connectivity index (χ3v) is 4.54. The Kier molecular flexibility index (Phi) is 5.33. The highest BCUT2D eigenvalue weighted by atomic mass is 32.2. The minimum Gasteiger partial charge on any atom is -0.375 e. The van der Waals surface area contributed by atoms with E-state index in [0.29, 0.717) is 6.54 Å². The molecule has 20 heavy (non-hydrogen) atoms. The van der Waals surface area contributed by atoms with Crippen molar-refractivity contribution in [1.29, 1.82) is 0 Å². The van der Waals surface area contributed by atoms with Gasteiger partial charge in [-0.1, -0.05) is 0 Å². The third kappa shape index (κ3) is 3.68. The molecule has 2 rings (SSSR count). The molecule has 2 heterocycles. The molecular formula is C13H18N4OS2. The van der Waals surface area contributed by atoms with E-state index in [2.05, 4.69) is 20.3 Å². The Labute approximate surface area is 127 Å². The molecule has 0 spiro atoms. The molecule has 0 saturated carbocycles. The van der Waals surface area contributed by atoms with Crippen molar-refractivity contribution in [2.45, 2.75) is 24.6 Å². The van der Waals surface area contributed by atoms with E-state index in [-0.39, 0.29) is 6.10 Å². The summed E-state index contributed by atoms with van der Waals surface area (Å²) in [7, 11) is 3.69. The van der Waals surface area contributed by atoms with Crippen molar-refractivity contribution in [3.8, 4) is 0 Å². The number of thioether (sulfide) groups is 1. The summed E-state index contributed by atoms with van der Waals surface area (Å²) < 4.78 is 5.28. The molecule has 0 fully saturated rings. The van der Waals surface area contributed by atoms with Crippen LogP contribution in [0, 0.1) is 0 Å². The zero-order valence-corrected chi connectivity index (χ0v) is 13.7. The van der Waals surface area contributed by atoms with Crippen LogP contribution in [0.1, 0.15) is 23.7 Å². The summed E-state index contributed by atoms with van der Waals surface area (Å²) in [5, 5.41) is 3.98. The van der Waals surface area contributed by atoms with Gasteiger partial charge in [0.05, 0.1) is 24.6 Å². The molecule has 2 aromatic heterocycles. The van der Waals surface area contributed by atoms with Gasteiger partial charge in [-0.3, -0.25) is 4.98 Å². The summed E-state index contributed by atoms with van der Waals surface area (Å²) in [6.45, 7) is 2.71. The van der Waals surface area contributed by atoms with Gasteiger partial charge in [-0.25, -0.2) is 9.97 Å². The predicted molar refractivity (Wildman–Crippen MR) is 83.5 cm³/mol. The number of hydrogen-bond donors (Lipinski definition) is 0. The van der Waals surface area contributed by atoms with Crippen LogP contribution in [0.5, 0.6) is 0 Å². The molecule has 0 aliphatic rings. The SMILES string of the molecule is CO[C@H](C)c1nc(CN(C)c2cncc(SC)n2)cs1. The number of ether oxygens (including phenoxy) is 1. The van der Waals surface area contributed by atoms with Gasteiger partial charge in [-0.05, 0) is 13.2 Å². The monoisotopic (exact) mass is 310 g/mol. The largest absolute Gasteiger partial charge is 0.375 e. The number of aromatic nitrogens is 3. The molecule has 0 unspecified atom stereocenters. The Hall–Kier alpha value is -1.18. The first-order valence-electron chi connectivity index (χ1n) is 6.18. The van der Waals surface area contributed by atoms with E-state index in [1.54, 1.807) is 42.6 Å². The van der Waals surface area contributed by atoms with E-state index < -0.39 is 0 Å². The molecule has 7 heteroatoms. The molecule has 0 aliphatic carbocycles. The van der Waals surface area contributed by atoms with Crippen LogP contribution in [0.3, 0.4) is 0 Å². The van der Waals surface area contributed by atoms with Crippen LogP contribution in [0.2, 0.25) is 0 Å². The van der Waals surface area contributed by atoms with Crippen LogP contribution in [0.25, 0.3) is 0 Å². The predicted octanol–water partition coefficient (Wildman–Crippen LogP) is 3.00. The number of rotatable bonds is 6. The van der Waals surface area contributed by atoms with Gasteiger partial charge in [0, 0.05) is 19.5 Å². The first-order chi connectivity index (χ1) is 9.63. The van der Waals surface area contributed by atoms with Crippen molar-refractivity contribution in [3.05, 3.63) is 28.5 Å². The fraction of sp³-hybridized carbons (Fsp3) is 0.462. The summed E-state index contributed by atoms with van der Waals surface area (Å²) in [5.74, 6) is 0.853. The zero-order chi connectivity index (χ0) is 14.5. The van der Waals surface area contributed by atoms with Crippen molar-refractivity contribution in [3.63, 3.8) is 0 Å². The van der Waals surface area contributed by atoms with Gasteiger partial charge in [0.25, 0.3) is 0 Å². The van der Waals surface area contributed by atoms with E-state index in [0.717, 1.165) is 21.5 Å². The second-order valence-electron chi connectivity index (χ2n) is 4.33. The molecule has 0 amide bonds. The van der Waals surface area contributed by atoms with Crippen LogP contribution in [-0.4, -0.2) is 35.4 Å². The lowest BCUT2D eigenvalue weighted by atomic mass is 10.4. The van der Waals surface area contributed by atoms with E-state index >= 15 is 0 Å². The van der Waals surface area contributed by atoms with Crippen LogP contribution in [0.4, 0.5) is 5.82 Å². The number of nitrogens with zero attached hydrogens (tertiary/aromatic N) is 4. The van der Waals surface area contributed by atoms with Gasteiger partial charge >= 0.3 is 0 Å². The number of methoxy groups -OCH3 is 1. The normalized spacial score (nSPS) is 12.4. The quantitative estimate of drug-likeness (QED) is 0.765. The summed E-state index contributed by atoms with van der Waals surface area (Å²) in [6.07, 6.45) is 5.57. The minimum atomic E-state index is 0.0404. The lowest BCUT2D eigenvalue weighted by Gasteiger charge is -2.16. The van der Waals surface area contributed by atoms with Crippen LogP contribution >= 0.6 is 23.1 Å². The number of hydrogen-bond acceptors (Lipinski definition) is 7. The molecule has 0 aliphatic heterocycles. The van der Waals surface area contributed by atoms with Crippen molar-refractivity contribution in [2.24, 2.45) is 0 Å². The van der Waals surface area contributed by atoms with Crippen LogP contribution in [-0.2, 0) is 11.3 Å². The minimum absolute atomic E-state index is 0.0404. The fourth-order valence-corrected chi connectivity index (χ4v) is 2.82. The van der Waals surface area contributed by atoms with E-state index in [1.165, 1.54) is 0 Å². The van der Waals surface area contributed by atoms with E-state index in [4.69, 9.17) is 4.74 Å². The lowest BCUT2D eigenvalue weighted by Crippen LogP contribution is -2.18. The highest BCUT2D eigenvalue weighted by molar-refractivity contribution is 7.98. The summed E-state index contributed by atoms with van der Waals surface area (Å²) in [4.78, 5) is 15.4. The Balaban J connectivity index is 2.07. The Morgan fingerprint density at radius 1 is 1.40 bits per heavy atom. The summed E-state index contributed by atoms with van der Waals surface area (Å²) in [6, 6.07) is 0. The van der Waals surface area contributed by atoms with Crippen LogP contribution in [0.15, 0.2) is 22.8 Å². The van der Waals surface area contributed by atoms with Crippen molar-refractivity contribution in [2.75, 3.05) is 25.3 Å². The Morgan fingerprint density at radius 3 is 2.90 bits per heavy atom. The highest BCUT2D eigenvalue weighted by Crippen LogP contribution is 2.22. The lowest BCUT2D eigenvalue weighted by molar-refractivity contribution is 0.119. The molecule has 1 atom stereocenters. The zero-order valence-electron chi connectivity index (χ0n) is 12.0.